The van der Waals surface area contributed by atoms with Crippen molar-refractivity contribution in [3.05, 3.63) is 29.8 Å². The number of carboxylic acid groups (broad SMARTS) is 1. The molecular formula is C12H15NO5. The number of aliphatic hydroxyl groups is 1. The first-order valence-electron chi connectivity index (χ1n) is 5.27. The molecule has 98 valence electrons. The maximum atomic E-state index is 11.0. The molecule has 1 amide bonds. The molecule has 0 saturated carbocycles. The number of benzene rings is 1. The van der Waals surface area contributed by atoms with Gasteiger partial charge in [0.25, 0.3) is 0 Å². The normalized spacial score (nSPS) is 13.5. The number of methoxy groups -OCH3 is 1. The fourth-order valence-corrected chi connectivity index (χ4v) is 1.52. The van der Waals surface area contributed by atoms with E-state index in [1.807, 2.05) is 0 Å². The van der Waals surface area contributed by atoms with E-state index in [1.165, 1.54) is 14.0 Å². The van der Waals surface area contributed by atoms with Crippen LogP contribution in [-0.2, 0) is 9.59 Å². The molecule has 0 aliphatic heterocycles. The van der Waals surface area contributed by atoms with Gasteiger partial charge < -0.3 is 20.3 Å². The van der Waals surface area contributed by atoms with Crippen molar-refractivity contribution in [2.24, 2.45) is 0 Å². The Hall–Kier alpha value is -2.08. The maximum Gasteiger partial charge on any atom is 0.335 e. The second-order valence-corrected chi connectivity index (χ2v) is 3.73. The van der Waals surface area contributed by atoms with Crippen LogP contribution in [-0.4, -0.2) is 35.3 Å². The van der Waals surface area contributed by atoms with Crippen LogP contribution in [0, 0.1) is 0 Å². The second-order valence-electron chi connectivity index (χ2n) is 3.73. The van der Waals surface area contributed by atoms with Crippen molar-refractivity contribution in [1.29, 1.82) is 0 Å². The lowest BCUT2D eigenvalue weighted by molar-refractivity contribution is -0.148. The quantitative estimate of drug-likeness (QED) is 0.702. The fraction of sp³-hybridized carbons (Fsp3) is 0.333. The lowest BCUT2D eigenvalue weighted by atomic mass is 10.0. The summed E-state index contributed by atoms with van der Waals surface area (Å²) in [5, 5.41) is 20.8. The van der Waals surface area contributed by atoms with Crippen molar-refractivity contribution < 1.29 is 24.5 Å². The zero-order chi connectivity index (χ0) is 13.7. The summed E-state index contributed by atoms with van der Waals surface area (Å²) in [4.78, 5) is 21.8. The Morgan fingerprint density at radius 3 is 2.22 bits per heavy atom. The number of carboxylic acids is 1. The van der Waals surface area contributed by atoms with Gasteiger partial charge in [-0.1, -0.05) is 12.1 Å². The van der Waals surface area contributed by atoms with Crippen LogP contribution in [0.2, 0.25) is 0 Å². The Balaban J connectivity index is 3.00. The second kappa shape index (κ2) is 6.02. The van der Waals surface area contributed by atoms with Crippen molar-refractivity contribution in [1.82, 2.24) is 5.32 Å². The molecule has 3 N–H and O–H groups in total. The van der Waals surface area contributed by atoms with E-state index >= 15 is 0 Å². The highest BCUT2D eigenvalue weighted by molar-refractivity contribution is 5.77. The van der Waals surface area contributed by atoms with E-state index in [2.05, 4.69) is 5.32 Å². The molecule has 0 fully saturated rings. The number of ether oxygens (including phenoxy) is 1. The molecule has 1 aromatic rings. The van der Waals surface area contributed by atoms with Crippen LogP contribution in [0.5, 0.6) is 5.75 Å². The van der Waals surface area contributed by atoms with Crippen molar-refractivity contribution in [3.63, 3.8) is 0 Å². The molecule has 0 heterocycles. The standard InChI is InChI=1S/C12H15NO5/c1-7(14)13-10(11(15)12(16)17)8-3-5-9(18-2)6-4-8/h3-6,10-11,15H,1-2H3,(H,13,14)(H,16,17). The zero-order valence-electron chi connectivity index (χ0n) is 10.1. The van der Waals surface area contributed by atoms with Gasteiger partial charge in [-0.2, -0.15) is 0 Å². The number of aliphatic hydroxyl groups excluding tert-OH is 1. The molecule has 0 radical (unpaired) electrons. The predicted molar refractivity (Wildman–Crippen MR) is 63.2 cm³/mol. The highest BCUT2D eigenvalue weighted by Crippen LogP contribution is 2.20. The molecule has 6 nitrogen and oxygen atoms in total. The van der Waals surface area contributed by atoms with Gasteiger partial charge in [-0.25, -0.2) is 4.79 Å². The van der Waals surface area contributed by atoms with Crippen molar-refractivity contribution >= 4 is 11.9 Å². The van der Waals surface area contributed by atoms with Gasteiger partial charge in [-0.05, 0) is 17.7 Å². The average Bonchev–Trinajstić information content (AvgIpc) is 2.35. The smallest absolute Gasteiger partial charge is 0.335 e. The molecule has 1 aromatic carbocycles. The van der Waals surface area contributed by atoms with E-state index in [0.29, 0.717) is 11.3 Å². The van der Waals surface area contributed by atoms with Crippen LogP contribution in [0.1, 0.15) is 18.5 Å². The van der Waals surface area contributed by atoms with Crippen LogP contribution >= 0.6 is 0 Å². The number of carbonyl (C=O) groups is 2. The van der Waals surface area contributed by atoms with Crippen LogP contribution in [0.3, 0.4) is 0 Å². The highest BCUT2D eigenvalue weighted by atomic mass is 16.5. The van der Waals surface area contributed by atoms with Crippen LogP contribution in [0.4, 0.5) is 0 Å². The van der Waals surface area contributed by atoms with E-state index in [1.54, 1.807) is 24.3 Å². The predicted octanol–water partition coefficient (Wildman–Crippen LogP) is 0.318. The molecule has 2 unspecified atom stereocenters. The molecule has 0 aliphatic rings. The summed E-state index contributed by atoms with van der Waals surface area (Å²) in [5.74, 6) is -1.22. The fourth-order valence-electron chi connectivity index (χ4n) is 1.52. The Morgan fingerprint density at radius 2 is 1.83 bits per heavy atom. The molecule has 6 heteroatoms. The molecule has 0 aliphatic carbocycles. The summed E-state index contributed by atoms with van der Waals surface area (Å²) >= 11 is 0. The van der Waals surface area contributed by atoms with Crippen molar-refractivity contribution in [2.75, 3.05) is 7.11 Å². The summed E-state index contributed by atoms with van der Waals surface area (Å²) < 4.78 is 4.97. The monoisotopic (exact) mass is 253 g/mol. The number of amides is 1. The number of carbonyl (C=O) groups excluding carboxylic acids is 1. The molecule has 0 spiro atoms. The van der Waals surface area contributed by atoms with Gasteiger partial charge in [0.05, 0.1) is 13.2 Å². The van der Waals surface area contributed by atoms with E-state index in [0.717, 1.165) is 0 Å². The summed E-state index contributed by atoms with van der Waals surface area (Å²) in [7, 11) is 1.51. The molecule has 18 heavy (non-hydrogen) atoms. The minimum absolute atomic E-state index is 0.420. The number of hydrogen-bond acceptors (Lipinski definition) is 4. The van der Waals surface area contributed by atoms with E-state index < -0.39 is 24.0 Å². The van der Waals surface area contributed by atoms with Crippen LogP contribution in [0.15, 0.2) is 24.3 Å². The Labute approximate surface area is 104 Å². The summed E-state index contributed by atoms with van der Waals surface area (Å²) in [6.07, 6.45) is -1.71. The minimum atomic E-state index is -1.71. The van der Waals surface area contributed by atoms with E-state index in [-0.39, 0.29) is 0 Å². The third-order valence-electron chi connectivity index (χ3n) is 2.40. The van der Waals surface area contributed by atoms with Gasteiger partial charge in [-0.15, -0.1) is 0 Å². The van der Waals surface area contributed by atoms with Crippen molar-refractivity contribution in [3.8, 4) is 5.75 Å². The maximum absolute atomic E-state index is 11.0. The number of rotatable bonds is 5. The van der Waals surface area contributed by atoms with Gasteiger partial charge in [0.15, 0.2) is 6.10 Å². The molecule has 2 atom stereocenters. The van der Waals surface area contributed by atoms with Gasteiger partial charge >= 0.3 is 5.97 Å². The first-order chi connectivity index (χ1) is 8.45. The summed E-state index contributed by atoms with van der Waals surface area (Å²) in [5.41, 5.74) is 0.487. The molecule has 0 saturated heterocycles. The zero-order valence-corrected chi connectivity index (χ0v) is 10.1. The summed E-state index contributed by atoms with van der Waals surface area (Å²) in [6, 6.07) is 5.43. The molecule has 1 rings (SSSR count). The lowest BCUT2D eigenvalue weighted by Gasteiger charge is -2.21. The Morgan fingerprint density at radius 1 is 1.28 bits per heavy atom. The third-order valence-corrected chi connectivity index (χ3v) is 2.40. The Bertz CT molecular complexity index is 429. The average molecular weight is 253 g/mol. The van der Waals surface area contributed by atoms with Crippen molar-refractivity contribution in [2.45, 2.75) is 19.1 Å². The van der Waals surface area contributed by atoms with Crippen LogP contribution < -0.4 is 10.1 Å². The Kier molecular flexibility index (Phi) is 4.67. The van der Waals surface area contributed by atoms with Gasteiger partial charge in [0, 0.05) is 6.92 Å². The number of hydrogen-bond donors (Lipinski definition) is 3. The molecular weight excluding hydrogens is 238 g/mol. The first-order valence-corrected chi connectivity index (χ1v) is 5.27. The molecule has 0 bridgehead atoms. The lowest BCUT2D eigenvalue weighted by Crippen LogP contribution is -2.39. The number of aliphatic carboxylic acids is 1. The highest BCUT2D eigenvalue weighted by Gasteiger charge is 2.27. The third kappa shape index (κ3) is 3.46. The minimum Gasteiger partial charge on any atom is -0.497 e. The van der Waals surface area contributed by atoms with E-state index in [9.17, 15) is 14.7 Å². The largest absolute Gasteiger partial charge is 0.497 e. The van der Waals surface area contributed by atoms with E-state index in [4.69, 9.17) is 9.84 Å². The number of nitrogens with one attached hydrogen (secondary N) is 1. The SMILES string of the molecule is COc1ccc(C(NC(C)=O)C(O)C(=O)O)cc1. The topological polar surface area (TPSA) is 95.9 Å². The van der Waals surface area contributed by atoms with Gasteiger partial charge in [-0.3, -0.25) is 4.79 Å². The van der Waals surface area contributed by atoms with Gasteiger partial charge in [0.2, 0.25) is 5.91 Å². The first kappa shape index (κ1) is 14.0. The molecule has 0 aromatic heterocycles. The van der Waals surface area contributed by atoms with Gasteiger partial charge in [0.1, 0.15) is 5.75 Å². The summed E-state index contributed by atoms with van der Waals surface area (Å²) in [6.45, 7) is 1.26. The van der Waals surface area contributed by atoms with Crippen LogP contribution in [0.25, 0.3) is 0 Å².